The molecule has 0 aliphatic rings. The summed E-state index contributed by atoms with van der Waals surface area (Å²) in [5, 5.41) is 10.6. The highest BCUT2D eigenvalue weighted by atomic mass is 32.1. The molecule has 3 amide bonds. The summed E-state index contributed by atoms with van der Waals surface area (Å²) < 4.78 is 0. The van der Waals surface area contributed by atoms with E-state index in [0.717, 1.165) is 17.8 Å². The average molecular weight is 318 g/mol. The van der Waals surface area contributed by atoms with Crippen LogP contribution < -0.4 is 16.0 Å². The molecule has 7 heteroatoms. The Hall–Kier alpha value is -2.41. The number of aryl methyl sites for hydroxylation is 1. The zero-order valence-electron chi connectivity index (χ0n) is 12.5. The second-order valence-electron chi connectivity index (χ2n) is 4.61. The summed E-state index contributed by atoms with van der Waals surface area (Å²) in [4.78, 5) is 27.6. The summed E-state index contributed by atoms with van der Waals surface area (Å²) in [5.74, 6) is -0.231. The fourth-order valence-electron chi connectivity index (χ4n) is 1.77. The molecule has 6 nitrogen and oxygen atoms in total. The van der Waals surface area contributed by atoms with Crippen LogP contribution in [0.4, 0.5) is 16.2 Å². The van der Waals surface area contributed by atoms with Crippen molar-refractivity contribution >= 4 is 34.6 Å². The second kappa shape index (κ2) is 7.56. The number of amides is 3. The van der Waals surface area contributed by atoms with E-state index in [1.54, 1.807) is 36.7 Å². The largest absolute Gasteiger partial charge is 0.341 e. The maximum Gasteiger partial charge on any atom is 0.318 e. The summed E-state index contributed by atoms with van der Waals surface area (Å²) in [7, 11) is 1.55. The zero-order valence-corrected chi connectivity index (χ0v) is 13.3. The molecular weight excluding hydrogens is 300 g/mol. The third-order valence-electron chi connectivity index (χ3n) is 2.88. The molecule has 0 unspecified atom stereocenters. The van der Waals surface area contributed by atoms with Gasteiger partial charge >= 0.3 is 6.03 Å². The lowest BCUT2D eigenvalue weighted by atomic mass is 10.2. The molecule has 2 aromatic rings. The van der Waals surface area contributed by atoms with Gasteiger partial charge in [-0.05, 0) is 37.1 Å². The van der Waals surface area contributed by atoms with Crippen molar-refractivity contribution in [3.63, 3.8) is 0 Å². The third-order valence-corrected chi connectivity index (χ3v) is 3.78. The van der Waals surface area contributed by atoms with Gasteiger partial charge in [0.15, 0.2) is 0 Å². The number of aromatic nitrogens is 1. The second-order valence-corrected chi connectivity index (χ2v) is 5.55. The third kappa shape index (κ3) is 4.29. The number of carbonyl (C=O) groups excluding carboxylic acids is 2. The van der Waals surface area contributed by atoms with E-state index in [0.29, 0.717) is 17.1 Å². The van der Waals surface area contributed by atoms with Crippen molar-refractivity contribution in [1.29, 1.82) is 0 Å². The molecule has 2 rings (SSSR count). The highest BCUT2D eigenvalue weighted by Crippen LogP contribution is 2.16. The molecule has 0 radical (unpaired) electrons. The number of benzene rings is 1. The van der Waals surface area contributed by atoms with Crippen molar-refractivity contribution in [2.75, 3.05) is 17.7 Å². The molecule has 116 valence electrons. The van der Waals surface area contributed by atoms with Gasteiger partial charge in [-0.3, -0.25) is 4.79 Å². The van der Waals surface area contributed by atoms with Crippen LogP contribution in [0.1, 0.15) is 28.8 Å². The average Bonchev–Trinajstić information content (AvgIpc) is 2.98. The van der Waals surface area contributed by atoms with Gasteiger partial charge in [-0.25, -0.2) is 9.78 Å². The maximum atomic E-state index is 12.1. The highest BCUT2D eigenvalue weighted by Gasteiger charge is 2.10. The fraction of sp³-hybridized carbons (Fsp3) is 0.267. The van der Waals surface area contributed by atoms with Gasteiger partial charge in [0.1, 0.15) is 5.69 Å². The lowest BCUT2D eigenvalue weighted by Gasteiger charge is -2.06. The Bertz CT molecular complexity index is 652. The van der Waals surface area contributed by atoms with Crippen molar-refractivity contribution in [2.45, 2.75) is 19.8 Å². The van der Waals surface area contributed by atoms with Crippen LogP contribution in [-0.4, -0.2) is 24.0 Å². The van der Waals surface area contributed by atoms with Crippen LogP contribution in [0.15, 0.2) is 29.6 Å². The van der Waals surface area contributed by atoms with E-state index in [4.69, 9.17) is 0 Å². The molecule has 1 aromatic heterocycles. The number of urea groups is 1. The fourth-order valence-corrected chi connectivity index (χ4v) is 2.65. The minimum Gasteiger partial charge on any atom is -0.341 e. The first kappa shape index (κ1) is 16.0. The summed E-state index contributed by atoms with van der Waals surface area (Å²) in [5.41, 5.74) is 1.73. The summed E-state index contributed by atoms with van der Waals surface area (Å²) >= 11 is 1.50. The van der Waals surface area contributed by atoms with E-state index >= 15 is 0 Å². The Balaban J connectivity index is 1.97. The molecular formula is C15H18N4O2S. The number of nitrogens with zero attached hydrogens (tertiary/aromatic N) is 1. The number of nitrogens with one attached hydrogen (secondary N) is 3. The highest BCUT2D eigenvalue weighted by molar-refractivity contribution is 7.09. The van der Waals surface area contributed by atoms with Crippen molar-refractivity contribution in [3.05, 3.63) is 40.3 Å². The molecule has 0 bridgehead atoms. The van der Waals surface area contributed by atoms with Crippen LogP contribution in [-0.2, 0) is 6.42 Å². The van der Waals surface area contributed by atoms with E-state index in [1.165, 1.54) is 11.3 Å². The van der Waals surface area contributed by atoms with Gasteiger partial charge in [0.05, 0.1) is 5.01 Å². The number of thiazole rings is 1. The molecule has 0 spiro atoms. The number of hydrogen-bond acceptors (Lipinski definition) is 4. The number of rotatable bonds is 5. The predicted octanol–water partition coefficient (Wildman–Crippen LogP) is 3.10. The predicted molar refractivity (Wildman–Crippen MR) is 88.6 cm³/mol. The number of anilines is 2. The van der Waals surface area contributed by atoms with Crippen LogP contribution in [0.3, 0.4) is 0 Å². The van der Waals surface area contributed by atoms with Crippen molar-refractivity contribution in [1.82, 2.24) is 10.3 Å². The maximum absolute atomic E-state index is 12.1. The normalized spacial score (nSPS) is 10.1. The minimum atomic E-state index is -0.289. The molecule has 0 aliphatic carbocycles. The molecule has 0 saturated heterocycles. The number of hydrogen-bond donors (Lipinski definition) is 3. The minimum absolute atomic E-state index is 0.231. The van der Waals surface area contributed by atoms with Crippen molar-refractivity contribution in [2.24, 2.45) is 0 Å². The smallest absolute Gasteiger partial charge is 0.318 e. The van der Waals surface area contributed by atoms with Gasteiger partial charge < -0.3 is 16.0 Å². The van der Waals surface area contributed by atoms with Crippen LogP contribution in [0.5, 0.6) is 0 Å². The number of carbonyl (C=O) groups is 2. The topological polar surface area (TPSA) is 83.1 Å². The Morgan fingerprint density at radius 2 is 1.77 bits per heavy atom. The first-order chi connectivity index (χ1) is 10.6. The van der Waals surface area contributed by atoms with Gasteiger partial charge in [0.2, 0.25) is 0 Å². The lowest BCUT2D eigenvalue weighted by molar-refractivity contribution is 0.102. The molecule has 0 saturated carbocycles. The monoisotopic (exact) mass is 318 g/mol. The standard InChI is InChI=1S/C15H18N4O2S/c1-3-4-13-19-12(9-22-13)14(20)17-10-5-7-11(8-6-10)18-15(21)16-2/h5-9H,3-4H2,1-2H3,(H,17,20)(H2,16,18,21). The molecule has 22 heavy (non-hydrogen) atoms. The van der Waals surface area contributed by atoms with E-state index < -0.39 is 0 Å². The molecule has 0 fully saturated rings. The van der Waals surface area contributed by atoms with Gasteiger partial charge in [-0.15, -0.1) is 11.3 Å². The Kier molecular flexibility index (Phi) is 5.48. The van der Waals surface area contributed by atoms with Crippen molar-refractivity contribution < 1.29 is 9.59 Å². The van der Waals surface area contributed by atoms with E-state index in [-0.39, 0.29) is 11.9 Å². The summed E-state index contributed by atoms with van der Waals surface area (Å²) in [6, 6.07) is 6.59. The van der Waals surface area contributed by atoms with E-state index in [2.05, 4.69) is 27.9 Å². The van der Waals surface area contributed by atoms with Gasteiger partial charge in [-0.2, -0.15) is 0 Å². The summed E-state index contributed by atoms with van der Waals surface area (Å²) in [6.07, 6.45) is 1.90. The van der Waals surface area contributed by atoms with Crippen LogP contribution in [0.25, 0.3) is 0 Å². The molecule has 0 aliphatic heterocycles. The van der Waals surface area contributed by atoms with E-state index in [1.807, 2.05) is 0 Å². The molecule has 1 aromatic carbocycles. The first-order valence-electron chi connectivity index (χ1n) is 6.97. The van der Waals surface area contributed by atoms with Crippen LogP contribution >= 0.6 is 11.3 Å². The molecule has 3 N–H and O–H groups in total. The van der Waals surface area contributed by atoms with Gasteiger partial charge in [0.25, 0.3) is 5.91 Å². The molecule has 0 atom stereocenters. The first-order valence-corrected chi connectivity index (χ1v) is 7.85. The zero-order chi connectivity index (χ0) is 15.9. The molecule has 1 heterocycles. The van der Waals surface area contributed by atoms with Gasteiger partial charge in [-0.1, -0.05) is 6.92 Å². The van der Waals surface area contributed by atoms with E-state index in [9.17, 15) is 9.59 Å². The van der Waals surface area contributed by atoms with Gasteiger partial charge in [0, 0.05) is 23.8 Å². The summed E-state index contributed by atoms with van der Waals surface area (Å²) in [6.45, 7) is 2.08. The quantitative estimate of drug-likeness (QED) is 0.792. The van der Waals surface area contributed by atoms with Crippen LogP contribution in [0.2, 0.25) is 0 Å². The van der Waals surface area contributed by atoms with Crippen molar-refractivity contribution in [3.8, 4) is 0 Å². The SMILES string of the molecule is CCCc1nc(C(=O)Nc2ccc(NC(=O)NC)cc2)cs1. The lowest BCUT2D eigenvalue weighted by Crippen LogP contribution is -2.24. The Morgan fingerprint density at radius 3 is 2.36 bits per heavy atom. The Morgan fingerprint density at radius 1 is 1.14 bits per heavy atom. The van der Waals surface area contributed by atoms with Crippen LogP contribution in [0, 0.1) is 0 Å². The Labute approximate surface area is 133 Å².